The van der Waals surface area contributed by atoms with E-state index in [9.17, 15) is 9.59 Å². The molecule has 1 N–H and O–H groups in total. The van der Waals surface area contributed by atoms with Crippen LogP contribution >= 0.6 is 22.9 Å². The third-order valence-electron chi connectivity index (χ3n) is 5.31. The molecule has 2 aliphatic rings. The summed E-state index contributed by atoms with van der Waals surface area (Å²) in [6.45, 7) is 1.22. The standard InChI is InChI=1S/C21H24ClN3O2S/c22-14-9-10-15(17(13-14)25-12-4-8-20(25)26)21(27)23-11-3-7-19-24-16-5-1-2-6-18(16)28-19/h9-10,13H,1-8,11-12H2,(H,23,27). The molecule has 2 heterocycles. The van der Waals surface area contributed by atoms with E-state index in [1.807, 2.05) is 11.3 Å². The Morgan fingerprint density at radius 2 is 2.07 bits per heavy atom. The summed E-state index contributed by atoms with van der Waals surface area (Å²) in [4.78, 5) is 32.7. The Balaban J connectivity index is 1.35. The molecular weight excluding hydrogens is 394 g/mol. The molecule has 28 heavy (non-hydrogen) atoms. The number of fused-ring (bicyclic) bond motifs is 1. The summed E-state index contributed by atoms with van der Waals surface area (Å²) in [6, 6.07) is 5.11. The summed E-state index contributed by atoms with van der Waals surface area (Å²) >= 11 is 7.94. The number of carbonyl (C=O) groups excluding carboxylic acids is 2. The van der Waals surface area contributed by atoms with Gasteiger partial charge in [0.1, 0.15) is 0 Å². The quantitative estimate of drug-likeness (QED) is 0.717. The molecule has 1 aromatic carbocycles. The zero-order chi connectivity index (χ0) is 19.5. The van der Waals surface area contributed by atoms with Crippen LogP contribution in [0.25, 0.3) is 0 Å². The van der Waals surface area contributed by atoms with Crippen LogP contribution in [0.5, 0.6) is 0 Å². The monoisotopic (exact) mass is 417 g/mol. The highest BCUT2D eigenvalue weighted by Crippen LogP contribution is 2.29. The summed E-state index contributed by atoms with van der Waals surface area (Å²) < 4.78 is 0. The van der Waals surface area contributed by atoms with Crippen molar-refractivity contribution in [1.82, 2.24) is 10.3 Å². The second kappa shape index (κ2) is 8.62. The van der Waals surface area contributed by atoms with Crippen LogP contribution in [0.2, 0.25) is 5.02 Å². The number of rotatable bonds is 6. The highest BCUT2D eigenvalue weighted by molar-refractivity contribution is 7.11. The number of hydrogen-bond acceptors (Lipinski definition) is 4. The second-order valence-corrected chi connectivity index (χ2v) is 8.96. The lowest BCUT2D eigenvalue weighted by atomic mass is 10.0. The largest absolute Gasteiger partial charge is 0.352 e. The van der Waals surface area contributed by atoms with E-state index < -0.39 is 0 Å². The first-order valence-corrected chi connectivity index (χ1v) is 11.2. The number of thiazole rings is 1. The van der Waals surface area contributed by atoms with Crippen molar-refractivity contribution in [2.75, 3.05) is 18.0 Å². The molecule has 1 fully saturated rings. The van der Waals surface area contributed by atoms with Crippen LogP contribution < -0.4 is 10.2 Å². The molecule has 1 aliphatic carbocycles. The number of aryl methyl sites for hydroxylation is 3. The number of benzene rings is 1. The van der Waals surface area contributed by atoms with Gasteiger partial charge >= 0.3 is 0 Å². The third kappa shape index (κ3) is 4.23. The number of hydrogen-bond donors (Lipinski definition) is 1. The van der Waals surface area contributed by atoms with Crippen LogP contribution in [0, 0.1) is 0 Å². The van der Waals surface area contributed by atoms with E-state index in [0.29, 0.717) is 35.8 Å². The van der Waals surface area contributed by atoms with Crippen molar-refractivity contribution in [3.63, 3.8) is 0 Å². The van der Waals surface area contributed by atoms with E-state index in [1.54, 1.807) is 23.1 Å². The summed E-state index contributed by atoms with van der Waals surface area (Å²) in [5.41, 5.74) is 2.40. The summed E-state index contributed by atoms with van der Waals surface area (Å²) in [5, 5.41) is 4.69. The number of aromatic nitrogens is 1. The molecule has 0 bridgehead atoms. The van der Waals surface area contributed by atoms with Gasteiger partial charge in [0.15, 0.2) is 0 Å². The summed E-state index contributed by atoms with van der Waals surface area (Å²) in [6.07, 6.45) is 7.85. The van der Waals surface area contributed by atoms with Crippen LogP contribution in [0.15, 0.2) is 18.2 Å². The van der Waals surface area contributed by atoms with Crippen molar-refractivity contribution >= 4 is 40.4 Å². The van der Waals surface area contributed by atoms with Crippen LogP contribution in [0.3, 0.4) is 0 Å². The number of halogens is 1. The Morgan fingerprint density at radius 1 is 1.21 bits per heavy atom. The third-order valence-corrected chi connectivity index (χ3v) is 6.76. The maximum absolute atomic E-state index is 12.7. The summed E-state index contributed by atoms with van der Waals surface area (Å²) in [5.74, 6) is -0.117. The van der Waals surface area contributed by atoms with E-state index in [0.717, 1.165) is 32.1 Å². The zero-order valence-electron chi connectivity index (χ0n) is 15.8. The maximum atomic E-state index is 12.7. The Kier molecular flexibility index (Phi) is 5.97. The minimum Gasteiger partial charge on any atom is -0.352 e. The van der Waals surface area contributed by atoms with Gasteiger partial charge in [-0.3, -0.25) is 9.59 Å². The molecule has 0 saturated carbocycles. The fourth-order valence-corrected chi connectivity index (χ4v) is 5.24. The molecule has 148 valence electrons. The zero-order valence-corrected chi connectivity index (χ0v) is 17.4. The minimum absolute atomic E-state index is 0.0454. The number of anilines is 1. The lowest BCUT2D eigenvalue weighted by Crippen LogP contribution is -2.30. The van der Waals surface area contributed by atoms with Gasteiger partial charge in [0.25, 0.3) is 5.91 Å². The topological polar surface area (TPSA) is 62.3 Å². The molecule has 1 aromatic heterocycles. The molecule has 0 atom stereocenters. The first kappa shape index (κ1) is 19.4. The number of carbonyl (C=O) groups is 2. The van der Waals surface area contributed by atoms with Crippen LogP contribution in [0.1, 0.15) is 58.0 Å². The normalized spacial score (nSPS) is 16.3. The first-order chi connectivity index (χ1) is 13.6. The van der Waals surface area contributed by atoms with Gasteiger partial charge in [-0.1, -0.05) is 11.6 Å². The molecule has 0 radical (unpaired) electrons. The molecule has 7 heteroatoms. The van der Waals surface area contributed by atoms with Crippen molar-refractivity contribution in [3.8, 4) is 0 Å². The molecule has 2 aromatic rings. The fraction of sp³-hybridized carbons (Fsp3) is 0.476. The molecule has 2 amide bonds. The van der Waals surface area contributed by atoms with Gasteiger partial charge in [0.05, 0.1) is 22.0 Å². The Hall–Kier alpha value is -1.92. The molecule has 4 rings (SSSR count). The van der Waals surface area contributed by atoms with E-state index in [-0.39, 0.29) is 11.8 Å². The van der Waals surface area contributed by atoms with Gasteiger partial charge < -0.3 is 10.2 Å². The molecule has 0 spiro atoms. The lowest BCUT2D eigenvalue weighted by molar-refractivity contribution is -0.117. The van der Waals surface area contributed by atoms with Crippen molar-refractivity contribution in [2.45, 2.75) is 51.4 Å². The molecule has 1 aliphatic heterocycles. The van der Waals surface area contributed by atoms with Gasteiger partial charge in [-0.25, -0.2) is 4.98 Å². The maximum Gasteiger partial charge on any atom is 0.253 e. The van der Waals surface area contributed by atoms with Gasteiger partial charge in [-0.2, -0.15) is 0 Å². The van der Waals surface area contributed by atoms with Gasteiger partial charge in [0, 0.05) is 35.8 Å². The SMILES string of the molecule is O=C(NCCCc1nc2c(s1)CCCC2)c1ccc(Cl)cc1N1CCCC1=O. The van der Waals surface area contributed by atoms with Crippen LogP contribution in [0.4, 0.5) is 5.69 Å². The summed E-state index contributed by atoms with van der Waals surface area (Å²) in [7, 11) is 0. The number of amides is 2. The molecular formula is C21H24ClN3O2S. The lowest BCUT2D eigenvalue weighted by Gasteiger charge is -2.19. The van der Waals surface area contributed by atoms with E-state index >= 15 is 0 Å². The van der Waals surface area contributed by atoms with Crippen molar-refractivity contribution < 1.29 is 9.59 Å². The van der Waals surface area contributed by atoms with E-state index in [1.165, 1.54) is 28.4 Å². The average molecular weight is 418 g/mol. The second-order valence-electron chi connectivity index (χ2n) is 7.35. The predicted octanol–water partition coefficient (Wildman–Crippen LogP) is 4.16. The van der Waals surface area contributed by atoms with E-state index in [4.69, 9.17) is 16.6 Å². The number of nitrogens with one attached hydrogen (secondary N) is 1. The highest BCUT2D eigenvalue weighted by Gasteiger charge is 2.26. The van der Waals surface area contributed by atoms with Crippen LogP contribution in [-0.4, -0.2) is 29.9 Å². The Morgan fingerprint density at radius 3 is 2.86 bits per heavy atom. The van der Waals surface area contributed by atoms with Crippen molar-refractivity contribution in [1.29, 1.82) is 0 Å². The molecule has 5 nitrogen and oxygen atoms in total. The Labute approximate surface area is 174 Å². The van der Waals surface area contributed by atoms with Gasteiger partial charge in [-0.05, 0) is 56.7 Å². The average Bonchev–Trinajstić information content (AvgIpc) is 3.30. The van der Waals surface area contributed by atoms with Gasteiger partial charge in [-0.15, -0.1) is 11.3 Å². The smallest absolute Gasteiger partial charge is 0.253 e. The predicted molar refractivity (Wildman–Crippen MR) is 112 cm³/mol. The highest BCUT2D eigenvalue weighted by atomic mass is 35.5. The van der Waals surface area contributed by atoms with Gasteiger partial charge in [0.2, 0.25) is 5.91 Å². The van der Waals surface area contributed by atoms with Crippen molar-refractivity contribution in [3.05, 3.63) is 44.4 Å². The van der Waals surface area contributed by atoms with E-state index in [2.05, 4.69) is 5.32 Å². The van der Waals surface area contributed by atoms with Crippen LogP contribution in [-0.2, 0) is 24.1 Å². The van der Waals surface area contributed by atoms with Crippen molar-refractivity contribution in [2.24, 2.45) is 0 Å². The first-order valence-electron chi connectivity index (χ1n) is 9.97. The fourth-order valence-electron chi connectivity index (χ4n) is 3.87. The Bertz CT molecular complexity index is 872. The molecule has 1 saturated heterocycles. The number of nitrogens with zero attached hydrogens (tertiary/aromatic N) is 2. The minimum atomic E-state index is -0.162. The molecule has 0 unspecified atom stereocenters.